The van der Waals surface area contributed by atoms with Crippen molar-refractivity contribution < 1.29 is 9.59 Å². The second-order valence-corrected chi connectivity index (χ2v) is 12.5. The number of hydrogen-bond acceptors (Lipinski definition) is 3. The molecule has 0 aliphatic carbocycles. The topological polar surface area (TPSA) is 40.6 Å². The standard InChI is InChI=1S/C34H54N2O2S/c1-3-5-7-9-11-13-15-17-19-21-25-35-28-29-31(34(35)38)32(30-24-23-27-39-30)36(33(29)37)26-22-20-18-16-14-12-10-8-6-4-2/h23-24,27-28H,3-22,25-26H2,1-2H3. The molecule has 1 aromatic heterocycles. The minimum absolute atomic E-state index is 0.0169. The van der Waals surface area contributed by atoms with Gasteiger partial charge < -0.3 is 9.80 Å². The highest BCUT2D eigenvalue weighted by atomic mass is 32.1. The molecule has 218 valence electrons. The molecule has 39 heavy (non-hydrogen) atoms. The van der Waals surface area contributed by atoms with Crippen molar-refractivity contribution in [3.63, 3.8) is 0 Å². The zero-order chi connectivity index (χ0) is 27.7. The lowest BCUT2D eigenvalue weighted by Gasteiger charge is -2.21. The summed E-state index contributed by atoms with van der Waals surface area (Å²) >= 11 is 1.62. The van der Waals surface area contributed by atoms with Crippen LogP contribution in [-0.4, -0.2) is 34.7 Å². The van der Waals surface area contributed by atoms with Crippen molar-refractivity contribution in [2.75, 3.05) is 13.1 Å². The Kier molecular flexibility index (Phi) is 15.0. The highest BCUT2D eigenvalue weighted by Crippen LogP contribution is 2.42. The van der Waals surface area contributed by atoms with Crippen LogP contribution in [0.4, 0.5) is 0 Å². The fourth-order valence-electron chi connectivity index (χ4n) is 5.89. The van der Waals surface area contributed by atoms with Crippen LogP contribution < -0.4 is 0 Å². The molecule has 3 heterocycles. The molecule has 5 heteroatoms. The van der Waals surface area contributed by atoms with Crippen molar-refractivity contribution in [1.29, 1.82) is 0 Å². The number of carbonyl (C=O) groups is 2. The number of hydrogen-bond donors (Lipinski definition) is 0. The van der Waals surface area contributed by atoms with E-state index in [9.17, 15) is 9.59 Å². The molecule has 2 amide bonds. The predicted molar refractivity (Wildman–Crippen MR) is 166 cm³/mol. The van der Waals surface area contributed by atoms with E-state index in [4.69, 9.17) is 0 Å². The van der Waals surface area contributed by atoms with E-state index in [1.165, 1.54) is 103 Å². The lowest BCUT2D eigenvalue weighted by molar-refractivity contribution is -0.124. The molecule has 4 nitrogen and oxygen atoms in total. The van der Waals surface area contributed by atoms with Crippen molar-refractivity contribution in [3.05, 3.63) is 39.7 Å². The van der Waals surface area contributed by atoms with E-state index in [0.29, 0.717) is 24.2 Å². The number of rotatable bonds is 23. The number of amides is 2. The summed E-state index contributed by atoms with van der Waals surface area (Å²) in [5, 5.41) is 2.04. The Morgan fingerprint density at radius 1 is 0.615 bits per heavy atom. The second-order valence-electron chi connectivity index (χ2n) is 11.6. The zero-order valence-corrected chi connectivity index (χ0v) is 25.8. The van der Waals surface area contributed by atoms with Crippen LogP contribution in [0.3, 0.4) is 0 Å². The molecule has 0 spiro atoms. The molecule has 0 unspecified atom stereocenters. The average molecular weight is 555 g/mol. The lowest BCUT2D eigenvalue weighted by Crippen LogP contribution is -2.28. The van der Waals surface area contributed by atoms with E-state index in [1.807, 2.05) is 28.6 Å². The summed E-state index contributed by atoms with van der Waals surface area (Å²) in [6, 6.07) is 4.06. The quantitative estimate of drug-likeness (QED) is 0.126. The van der Waals surface area contributed by atoms with E-state index in [1.54, 1.807) is 16.2 Å². The Hall–Kier alpha value is -1.88. The van der Waals surface area contributed by atoms with E-state index in [2.05, 4.69) is 13.8 Å². The normalized spacial score (nSPS) is 15.2. The van der Waals surface area contributed by atoms with Gasteiger partial charge in [-0.05, 0) is 24.3 Å². The number of carbonyl (C=O) groups excluding carboxylic acids is 2. The van der Waals surface area contributed by atoms with Gasteiger partial charge in [-0.15, -0.1) is 11.3 Å². The largest absolute Gasteiger partial charge is 0.314 e. The van der Waals surface area contributed by atoms with E-state index in [0.717, 1.165) is 36.3 Å². The highest BCUT2D eigenvalue weighted by Gasteiger charge is 2.44. The minimum Gasteiger partial charge on any atom is -0.314 e. The Morgan fingerprint density at radius 2 is 1.10 bits per heavy atom. The maximum Gasteiger partial charge on any atom is 0.260 e. The van der Waals surface area contributed by atoms with Gasteiger partial charge in [0.1, 0.15) is 0 Å². The first kappa shape index (κ1) is 31.6. The van der Waals surface area contributed by atoms with Crippen LogP contribution in [0.15, 0.2) is 34.9 Å². The molecule has 0 aromatic carbocycles. The molecular formula is C34H54N2O2S. The number of nitrogens with zero attached hydrogens (tertiary/aromatic N) is 2. The van der Waals surface area contributed by atoms with E-state index < -0.39 is 0 Å². The SMILES string of the molecule is CCCCCCCCCCCCN1C=C2C(=O)N(CCCCCCCCCCCC)C(c3cccs3)=C2C1=O. The average Bonchev–Trinajstić information content (AvgIpc) is 3.64. The van der Waals surface area contributed by atoms with Gasteiger partial charge in [-0.2, -0.15) is 0 Å². The molecular weight excluding hydrogens is 500 g/mol. The van der Waals surface area contributed by atoms with Crippen molar-refractivity contribution in [2.24, 2.45) is 0 Å². The van der Waals surface area contributed by atoms with Gasteiger partial charge in [0.2, 0.25) is 0 Å². The summed E-state index contributed by atoms with van der Waals surface area (Å²) in [6.45, 7) is 5.94. The Balaban J connectivity index is 1.43. The van der Waals surface area contributed by atoms with Gasteiger partial charge in [0.15, 0.2) is 0 Å². The van der Waals surface area contributed by atoms with Crippen LogP contribution >= 0.6 is 11.3 Å². The van der Waals surface area contributed by atoms with Crippen molar-refractivity contribution in [3.8, 4) is 0 Å². The summed E-state index contributed by atoms with van der Waals surface area (Å²) in [5.74, 6) is 0.0338. The first-order valence-electron chi connectivity index (χ1n) is 16.3. The van der Waals surface area contributed by atoms with Gasteiger partial charge in [-0.3, -0.25) is 9.59 Å². The maximum absolute atomic E-state index is 13.5. The third-order valence-electron chi connectivity index (χ3n) is 8.25. The first-order valence-corrected chi connectivity index (χ1v) is 17.2. The smallest absolute Gasteiger partial charge is 0.260 e. The minimum atomic E-state index is 0.0169. The number of unbranched alkanes of at least 4 members (excludes halogenated alkanes) is 18. The Morgan fingerprint density at radius 3 is 1.59 bits per heavy atom. The Bertz CT molecular complexity index is 918. The van der Waals surface area contributed by atoms with Crippen LogP contribution in [0.1, 0.15) is 147 Å². The molecule has 0 atom stereocenters. The summed E-state index contributed by atoms with van der Waals surface area (Å²) in [7, 11) is 0. The predicted octanol–water partition coefficient (Wildman–Crippen LogP) is 9.87. The zero-order valence-electron chi connectivity index (χ0n) is 25.0. The molecule has 0 fully saturated rings. The van der Waals surface area contributed by atoms with Gasteiger partial charge in [-0.25, -0.2) is 0 Å². The van der Waals surface area contributed by atoms with Crippen LogP contribution in [0.5, 0.6) is 0 Å². The maximum atomic E-state index is 13.5. The van der Waals surface area contributed by atoms with Crippen LogP contribution in [-0.2, 0) is 9.59 Å². The second kappa shape index (κ2) is 18.5. The van der Waals surface area contributed by atoms with Crippen molar-refractivity contribution >= 4 is 28.8 Å². The van der Waals surface area contributed by atoms with Crippen LogP contribution in [0, 0.1) is 0 Å². The molecule has 0 saturated carbocycles. The monoisotopic (exact) mass is 554 g/mol. The molecule has 0 saturated heterocycles. The van der Waals surface area contributed by atoms with E-state index >= 15 is 0 Å². The number of fused-ring (bicyclic) bond motifs is 1. The summed E-state index contributed by atoms with van der Waals surface area (Å²) in [6.07, 6.45) is 27.4. The summed E-state index contributed by atoms with van der Waals surface area (Å²) < 4.78 is 0. The molecule has 0 radical (unpaired) electrons. The van der Waals surface area contributed by atoms with Gasteiger partial charge in [0.25, 0.3) is 11.8 Å². The lowest BCUT2D eigenvalue weighted by atomic mass is 10.1. The molecule has 0 bridgehead atoms. The number of thiophene rings is 1. The molecule has 0 N–H and O–H groups in total. The van der Waals surface area contributed by atoms with Gasteiger partial charge in [-0.1, -0.05) is 135 Å². The van der Waals surface area contributed by atoms with Gasteiger partial charge in [0.05, 0.1) is 21.7 Å². The van der Waals surface area contributed by atoms with Crippen molar-refractivity contribution in [1.82, 2.24) is 9.80 Å². The third-order valence-corrected chi connectivity index (χ3v) is 9.13. The highest BCUT2D eigenvalue weighted by molar-refractivity contribution is 7.11. The first-order chi connectivity index (χ1) is 19.2. The third kappa shape index (κ3) is 9.92. The van der Waals surface area contributed by atoms with Gasteiger partial charge >= 0.3 is 0 Å². The Labute approximate surface area is 242 Å². The molecule has 1 aromatic rings. The summed E-state index contributed by atoms with van der Waals surface area (Å²) in [4.78, 5) is 31.6. The fourth-order valence-corrected chi connectivity index (χ4v) is 6.67. The molecule has 2 aliphatic rings. The fraction of sp³-hybridized carbons (Fsp3) is 0.706. The summed E-state index contributed by atoms with van der Waals surface area (Å²) in [5.41, 5.74) is 2.11. The molecule has 2 aliphatic heterocycles. The van der Waals surface area contributed by atoms with Gasteiger partial charge in [0, 0.05) is 19.3 Å². The van der Waals surface area contributed by atoms with E-state index in [-0.39, 0.29) is 11.8 Å². The van der Waals surface area contributed by atoms with Crippen molar-refractivity contribution in [2.45, 2.75) is 142 Å². The molecule has 3 rings (SSSR count). The van der Waals surface area contributed by atoms with Crippen LogP contribution in [0.25, 0.3) is 5.70 Å². The van der Waals surface area contributed by atoms with Crippen LogP contribution in [0.2, 0.25) is 0 Å².